The molecule has 0 atom stereocenters. The van der Waals surface area contributed by atoms with Crippen molar-refractivity contribution in [1.82, 2.24) is 4.98 Å². The Morgan fingerprint density at radius 3 is 2.74 bits per heavy atom. The minimum absolute atomic E-state index is 0.0515. The zero-order valence-electron chi connectivity index (χ0n) is 13.3. The number of hydrogen-bond donors (Lipinski definition) is 1. The van der Waals surface area contributed by atoms with Crippen LogP contribution in [0, 0.1) is 13.8 Å². The highest BCUT2D eigenvalue weighted by molar-refractivity contribution is 7.14. The molecule has 3 aromatic rings. The largest absolute Gasteiger partial charge is 0.321 e. The molecule has 0 aliphatic rings. The number of nitrogens with zero attached hydrogens (tertiary/aromatic N) is 1. The predicted octanol–water partition coefficient (Wildman–Crippen LogP) is 5.30. The van der Waals surface area contributed by atoms with Crippen molar-refractivity contribution in [3.63, 3.8) is 0 Å². The van der Waals surface area contributed by atoms with Crippen molar-refractivity contribution in [2.45, 2.75) is 27.2 Å². The number of thiazole rings is 1. The number of thiophene rings is 1. The standard InChI is InChI=1S/C18H18N2OS2/c1-4-13-9-17(23-11(13)2)18(21)20-15-7-5-6-14(8-15)16-10-22-12(3)19-16/h5-10H,4H2,1-3H3,(H,20,21). The second kappa shape index (κ2) is 6.64. The number of aromatic nitrogens is 1. The molecule has 2 aromatic heterocycles. The second-order valence-electron chi connectivity index (χ2n) is 5.33. The highest BCUT2D eigenvalue weighted by atomic mass is 32.1. The van der Waals surface area contributed by atoms with Gasteiger partial charge in [-0.05, 0) is 44.0 Å². The molecule has 0 aliphatic heterocycles. The van der Waals surface area contributed by atoms with Crippen molar-refractivity contribution in [2.75, 3.05) is 5.32 Å². The molecule has 118 valence electrons. The summed E-state index contributed by atoms with van der Waals surface area (Å²) in [7, 11) is 0. The number of anilines is 1. The molecule has 0 bridgehead atoms. The van der Waals surface area contributed by atoms with Gasteiger partial charge in [-0.15, -0.1) is 22.7 Å². The Morgan fingerprint density at radius 1 is 1.26 bits per heavy atom. The van der Waals surface area contributed by atoms with Gasteiger partial charge >= 0.3 is 0 Å². The minimum atomic E-state index is -0.0515. The van der Waals surface area contributed by atoms with E-state index in [9.17, 15) is 4.79 Å². The van der Waals surface area contributed by atoms with Crippen LogP contribution in [0.3, 0.4) is 0 Å². The molecule has 0 aliphatic carbocycles. The van der Waals surface area contributed by atoms with Gasteiger partial charge in [-0.2, -0.15) is 0 Å². The summed E-state index contributed by atoms with van der Waals surface area (Å²) in [6.45, 7) is 6.16. The fourth-order valence-electron chi connectivity index (χ4n) is 2.43. The van der Waals surface area contributed by atoms with Crippen molar-refractivity contribution in [1.29, 1.82) is 0 Å². The third-order valence-corrected chi connectivity index (χ3v) is 5.53. The summed E-state index contributed by atoms with van der Waals surface area (Å²) >= 11 is 3.17. The number of amides is 1. The van der Waals surface area contributed by atoms with E-state index in [1.165, 1.54) is 10.4 Å². The van der Waals surface area contributed by atoms with E-state index >= 15 is 0 Å². The Bertz CT molecular complexity index is 848. The summed E-state index contributed by atoms with van der Waals surface area (Å²) < 4.78 is 0. The highest BCUT2D eigenvalue weighted by Gasteiger charge is 2.12. The van der Waals surface area contributed by atoms with Crippen molar-refractivity contribution in [2.24, 2.45) is 0 Å². The smallest absolute Gasteiger partial charge is 0.265 e. The normalized spacial score (nSPS) is 10.7. The molecule has 5 heteroatoms. The number of hydrogen-bond acceptors (Lipinski definition) is 4. The van der Waals surface area contributed by atoms with Gasteiger partial charge in [0.1, 0.15) is 0 Å². The Hall–Kier alpha value is -1.98. The van der Waals surface area contributed by atoms with Gasteiger partial charge in [0, 0.05) is 21.5 Å². The Labute approximate surface area is 144 Å². The van der Waals surface area contributed by atoms with Gasteiger partial charge in [0.15, 0.2) is 0 Å². The van der Waals surface area contributed by atoms with Gasteiger partial charge in [0.05, 0.1) is 15.6 Å². The third kappa shape index (κ3) is 3.51. The zero-order chi connectivity index (χ0) is 16.4. The van der Waals surface area contributed by atoms with E-state index in [1.54, 1.807) is 22.7 Å². The Kier molecular flexibility index (Phi) is 4.59. The van der Waals surface area contributed by atoms with E-state index in [0.29, 0.717) is 0 Å². The molecule has 2 heterocycles. The number of carbonyl (C=O) groups is 1. The summed E-state index contributed by atoms with van der Waals surface area (Å²) in [6.07, 6.45) is 0.953. The van der Waals surface area contributed by atoms with Crippen LogP contribution in [0.2, 0.25) is 0 Å². The maximum absolute atomic E-state index is 12.4. The van der Waals surface area contributed by atoms with E-state index in [1.807, 2.05) is 42.6 Å². The van der Waals surface area contributed by atoms with E-state index in [0.717, 1.165) is 33.3 Å². The van der Waals surface area contributed by atoms with Crippen LogP contribution in [0.5, 0.6) is 0 Å². The van der Waals surface area contributed by atoms with Crippen LogP contribution >= 0.6 is 22.7 Å². The average molecular weight is 342 g/mol. The fourth-order valence-corrected chi connectivity index (χ4v) is 4.06. The molecule has 23 heavy (non-hydrogen) atoms. The quantitative estimate of drug-likeness (QED) is 0.699. The maximum Gasteiger partial charge on any atom is 0.265 e. The lowest BCUT2D eigenvalue weighted by atomic mass is 10.1. The molecule has 3 nitrogen and oxygen atoms in total. The van der Waals surface area contributed by atoms with Crippen molar-refractivity contribution in [3.05, 3.63) is 56.0 Å². The summed E-state index contributed by atoms with van der Waals surface area (Å²) in [5.41, 5.74) is 4.00. The third-order valence-electron chi connectivity index (χ3n) is 3.66. The van der Waals surface area contributed by atoms with E-state index < -0.39 is 0 Å². The molecule has 0 radical (unpaired) electrons. The van der Waals surface area contributed by atoms with E-state index in [2.05, 4.69) is 24.1 Å². The summed E-state index contributed by atoms with van der Waals surface area (Å²) in [5.74, 6) is -0.0515. The molecule has 0 saturated carbocycles. The zero-order valence-corrected chi connectivity index (χ0v) is 15.0. The van der Waals surface area contributed by atoms with Crippen LogP contribution in [0.15, 0.2) is 35.7 Å². The lowest BCUT2D eigenvalue weighted by Crippen LogP contribution is -2.10. The summed E-state index contributed by atoms with van der Waals surface area (Å²) in [6, 6.07) is 9.81. The Morgan fingerprint density at radius 2 is 2.09 bits per heavy atom. The van der Waals surface area contributed by atoms with Gasteiger partial charge in [-0.1, -0.05) is 19.1 Å². The monoisotopic (exact) mass is 342 g/mol. The molecule has 1 amide bonds. The van der Waals surface area contributed by atoms with Crippen molar-refractivity contribution < 1.29 is 4.79 Å². The number of carbonyl (C=O) groups excluding carboxylic acids is 1. The molecule has 1 aromatic carbocycles. The van der Waals surface area contributed by atoms with Crippen molar-refractivity contribution >= 4 is 34.3 Å². The molecular formula is C18H18N2OS2. The fraction of sp³-hybridized carbons (Fsp3) is 0.222. The van der Waals surface area contributed by atoms with Gasteiger partial charge in [0.2, 0.25) is 0 Å². The first kappa shape index (κ1) is 15.9. The Balaban J connectivity index is 1.81. The number of rotatable bonds is 4. The summed E-state index contributed by atoms with van der Waals surface area (Å²) in [4.78, 5) is 18.9. The van der Waals surface area contributed by atoms with Crippen LogP contribution in [0.1, 0.15) is 32.0 Å². The molecule has 0 spiro atoms. The molecule has 0 fully saturated rings. The van der Waals surface area contributed by atoms with Gasteiger partial charge in [-0.25, -0.2) is 4.98 Å². The topological polar surface area (TPSA) is 42.0 Å². The van der Waals surface area contributed by atoms with E-state index in [-0.39, 0.29) is 5.91 Å². The molecule has 0 unspecified atom stereocenters. The van der Waals surface area contributed by atoms with Crippen LogP contribution in [0.4, 0.5) is 5.69 Å². The first-order valence-electron chi connectivity index (χ1n) is 7.50. The predicted molar refractivity (Wildman–Crippen MR) is 98.7 cm³/mol. The first-order chi connectivity index (χ1) is 11.1. The number of aryl methyl sites for hydroxylation is 3. The lowest BCUT2D eigenvalue weighted by molar-refractivity contribution is 0.103. The summed E-state index contributed by atoms with van der Waals surface area (Å²) in [5, 5.41) is 6.06. The number of nitrogens with one attached hydrogen (secondary N) is 1. The maximum atomic E-state index is 12.4. The highest BCUT2D eigenvalue weighted by Crippen LogP contribution is 2.26. The lowest BCUT2D eigenvalue weighted by Gasteiger charge is -2.05. The van der Waals surface area contributed by atoms with Gasteiger partial charge in [-0.3, -0.25) is 4.79 Å². The second-order valence-corrected chi connectivity index (χ2v) is 7.65. The van der Waals surface area contributed by atoms with Gasteiger partial charge < -0.3 is 5.32 Å². The molecular weight excluding hydrogens is 324 g/mol. The SMILES string of the molecule is CCc1cc(C(=O)Nc2cccc(-c3csc(C)n3)c2)sc1C. The molecule has 0 saturated heterocycles. The average Bonchev–Trinajstić information content (AvgIpc) is 3.13. The minimum Gasteiger partial charge on any atom is -0.321 e. The van der Waals surface area contributed by atoms with Gasteiger partial charge in [0.25, 0.3) is 5.91 Å². The van der Waals surface area contributed by atoms with Crippen LogP contribution in [-0.2, 0) is 6.42 Å². The molecule has 3 rings (SSSR count). The van der Waals surface area contributed by atoms with Crippen LogP contribution < -0.4 is 5.32 Å². The first-order valence-corrected chi connectivity index (χ1v) is 9.19. The number of benzene rings is 1. The van der Waals surface area contributed by atoms with E-state index in [4.69, 9.17) is 0 Å². The van der Waals surface area contributed by atoms with Crippen molar-refractivity contribution in [3.8, 4) is 11.3 Å². The van der Waals surface area contributed by atoms with Crippen LogP contribution in [0.25, 0.3) is 11.3 Å². The molecule has 1 N–H and O–H groups in total. The van der Waals surface area contributed by atoms with Crippen LogP contribution in [-0.4, -0.2) is 10.9 Å².